The van der Waals surface area contributed by atoms with Crippen molar-refractivity contribution >= 4 is 17.3 Å². The topological polar surface area (TPSA) is 108 Å². The summed E-state index contributed by atoms with van der Waals surface area (Å²) in [5.74, 6) is -0.366. The minimum Gasteiger partial charge on any atom is -0.317 e. The van der Waals surface area contributed by atoms with Gasteiger partial charge in [-0.3, -0.25) is 14.9 Å². The van der Waals surface area contributed by atoms with Gasteiger partial charge in [0.05, 0.1) is 16.6 Å². The smallest absolute Gasteiger partial charge is 0.294 e. The lowest BCUT2D eigenvalue weighted by molar-refractivity contribution is -0.383. The van der Waals surface area contributed by atoms with Crippen LogP contribution in [0.1, 0.15) is 12.5 Å². The number of nitro benzene ring substituents is 1. The highest BCUT2D eigenvalue weighted by Gasteiger charge is 2.20. The van der Waals surface area contributed by atoms with Crippen LogP contribution in [0.3, 0.4) is 0 Å². The fraction of sp³-hybridized carbons (Fsp3) is 0.231. The van der Waals surface area contributed by atoms with Gasteiger partial charge < -0.3 is 10.6 Å². The first-order valence-corrected chi connectivity index (χ1v) is 5.92. The van der Waals surface area contributed by atoms with Crippen molar-refractivity contribution in [1.29, 1.82) is 5.26 Å². The molecule has 7 nitrogen and oxygen atoms in total. The molecule has 1 amide bonds. The van der Waals surface area contributed by atoms with Crippen molar-refractivity contribution < 1.29 is 9.72 Å². The third-order valence-corrected chi connectivity index (χ3v) is 3.12. The zero-order valence-corrected chi connectivity index (χ0v) is 10.8. The molecule has 1 fully saturated rings. The summed E-state index contributed by atoms with van der Waals surface area (Å²) >= 11 is 0. The summed E-state index contributed by atoms with van der Waals surface area (Å²) in [4.78, 5) is 22.3. The number of amides is 1. The number of hydrogen-bond donors (Lipinski definition) is 2. The van der Waals surface area contributed by atoms with Gasteiger partial charge in [-0.15, -0.1) is 0 Å². The van der Waals surface area contributed by atoms with E-state index in [9.17, 15) is 14.9 Å². The second-order valence-corrected chi connectivity index (χ2v) is 4.39. The summed E-state index contributed by atoms with van der Waals surface area (Å²) in [6.45, 7) is 3.00. The summed E-state index contributed by atoms with van der Waals surface area (Å²) in [6.07, 6.45) is 0. The van der Waals surface area contributed by atoms with Crippen LogP contribution in [-0.2, 0) is 4.79 Å². The number of anilines is 1. The van der Waals surface area contributed by atoms with Gasteiger partial charge in [0.2, 0.25) is 0 Å². The summed E-state index contributed by atoms with van der Waals surface area (Å²) in [5, 5.41) is 25.2. The van der Waals surface area contributed by atoms with Crippen molar-refractivity contribution in [2.24, 2.45) is 0 Å². The Labute approximate surface area is 115 Å². The van der Waals surface area contributed by atoms with E-state index in [1.165, 1.54) is 12.1 Å². The van der Waals surface area contributed by atoms with E-state index < -0.39 is 4.92 Å². The fourth-order valence-electron chi connectivity index (χ4n) is 1.75. The minimum absolute atomic E-state index is 0.0891. The Bertz CT molecular complexity index is 652. The average molecular weight is 272 g/mol. The number of rotatable bonds is 3. The molecule has 2 N–H and O–H groups in total. The Morgan fingerprint density at radius 2 is 2.20 bits per heavy atom. The minimum atomic E-state index is -0.621. The predicted molar refractivity (Wildman–Crippen MR) is 72.0 cm³/mol. The van der Waals surface area contributed by atoms with Crippen molar-refractivity contribution in [1.82, 2.24) is 5.32 Å². The summed E-state index contributed by atoms with van der Waals surface area (Å²) in [6, 6.07) is 5.76. The number of hydrogen-bond acceptors (Lipinski definition) is 5. The molecule has 102 valence electrons. The third-order valence-electron chi connectivity index (χ3n) is 3.12. The number of nitro groups is 1. The van der Waals surface area contributed by atoms with Crippen molar-refractivity contribution in [2.75, 3.05) is 18.4 Å². The van der Waals surface area contributed by atoms with Crippen LogP contribution in [0, 0.1) is 21.4 Å². The molecule has 1 aromatic rings. The molecule has 1 heterocycles. The van der Waals surface area contributed by atoms with E-state index in [4.69, 9.17) is 5.26 Å². The lowest BCUT2D eigenvalue weighted by atomic mass is 10.0. The zero-order chi connectivity index (χ0) is 14.7. The number of carbonyl (C=O) groups excluding carboxylic acids is 1. The van der Waals surface area contributed by atoms with Gasteiger partial charge in [0.1, 0.15) is 5.69 Å². The van der Waals surface area contributed by atoms with Crippen molar-refractivity contribution in [3.63, 3.8) is 0 Å². The predicted octanol–water partition coefficient (Wildman–Crippen LogP) is 1.32. The molecule has 0 aliphatic carbocycles. The molecule has 2 rings (SSSR count). The van der Waals surface area contributed by atoms with E-state index in [-0.39, 0.29) is 22.8 Å². The second-order valence-electron chi connectivity index (χ2n) is 4.39. The Hall–Kier alpha value is -2.72. The Kier molecular flexibility index (Phi) is 3.77. The lowest BCUT2D eigenvalue weighted by Gasteiger charge is -2.21. The summed E-state index contributed by atoms with van der Waals surface area (Å²) < 4.78 is 0. The van der Waals surface area contributed by atoms with Gasteiger partial charge in [0, 0.05) is 24.7 Å². The highest BCUT2D eigenvalue weighted by Crippen LogP contribution is 2.26. The lowest BCUT2D eigenvalue weighted by Crippen LogP contribution is -2.36. The first-order chi connectivity index (χ1) is 9.52. The number of nitrogens with zero attached hydrogens (tertiary/aromatic N) is 2. The maximum atomic E-state index is 12.0. The van der Waals surface area contributed by atoms with Gasteiger partial charge in [0.15, 0.2) is 0 Å². The van der Waals surface area contributed by atoms with E-state index in [0.717, 1.165) is 11.6 Å². The Morgan fingerprint density at radius 1 is 1.50 bits per heavy atom. The van der Waals surface area contributed by atoms with Gasteiger partial charge >= 0.3 is 0 Å². The Balaban J connectivity index is 2.27. The molecule has 0 spiro atoms. The molecule has 7 heteroatoms. The highest BCUT2D eigenvalue weighted by molar-refractivity contribution is 6.05. The largest absolute Gasteiger partial charge is 0.317 e. The maximum Gasteiger partial charge on any atom is 0.294 e. The van der Waals surface area contributed by atoms with E-state index in [1.807, 2.05) is 6.07 Å². The quantitative estimate of drug-likeness (QED) is 0.490. The first kappa shape index (κ1) is 13.7. The van der Waals surface area contributed by atoms with E-state index >= 15 is 0 Å². The van der Waals surface area contributed by atoms with Gasteiger partial charge in [0.25, 0.3) is 11.6 Å². The van der Waals surface area contributed by atoms with Crippen LogP contribution in [0.5, 0.6) is 0 Å². The standard InChI is InChI=1S/C13H12N4O3/c1-8(10-6-15-7-10)13(18)16-11-3-2-9(5-14)4-12(11)17(19)20/h2-4,15H,6-7H2,1H3,(H,16,18). The van der Waals surface area contributed by atoms with Crippen molar-refractivity contribution in [3.8, 4) is 6.07 Å². The van der Waals surface area contributed by atoms with Crippen LogP contribution in [0.4, 0.5) is 11.4 Å². The van der Waals surface area contributed by atoms with Crippen LogP contribution >= 0.6 is 0 Å². The maximum absolute atomic E-state index is 12.0. The van der Waals surface area contributed by atoms with Crippen LogP contribution in [-0.4, -0.2) is 23.9 Å². The molecule has 0 saturated carbocycles. The Morgan fingerprint density at radius 3 is 2.70 bits per heavy atom. The molecular weight excluding hydrogens is 260 g/mol. The molecule has 1 aromatic carbocycles. The van der Waals surface area contributed by atoms with Crippen LogP contribution in [0.2, 0.25) is 0 Å². The van der Waals surface area contributed by atoms with E-state index in [0.29, 0.717) is 18.7 Å². The van der Waals surface area contributed by atoms with Gasteiger partial charge in [-0.1, -0.05) is 0 Å². The molecule has 0 radical (unpaired) electrons. The molecule has 0 bridgehead atoms. The monoisotopic (exact) mass is 272 g/mol. The molecule has 0 unspecified atom stereocenters. The second kappa shape index (κ2) is 5.50. The first-order valence-electron chi connectivity index (χ1n) is 5.92. The fourth-order valence-corrected chi connectivity index (χ4v) is 1.75. The van der Waals surface area contributed by atoms with Crippen molar-refractivity contribution in [3.05, 3.63) is 45.0 Å². The van der Waals surface area contributed by atoms with Crippen LogP contribution in [0.25, 0.3) is 0 Å². The molecule has 20 heavy (non-hydrogen) atoms. The van der Waals surface area contributed by atoms with Crippen LogP contribution < -0.4 is 10.6 Å². The highest BCUT2D eigenvalue weighted by atomic mass is 16.6. The summed E-state index contributed by atoms with van der Waals surface area (Å²) in [5.41, 5.74) is 1.52. The average Bonchev–Trinajstić information content (AvgIpc) is 2.36. The number of carbonyl (C=O) groups is 1. The number of nitriles is 1. The third kappa shape index (κ3) is 2.65. The van der Waals surface area contributed by atoms with E-state index in [1.54, 1.807) is 6.92 Å². The SMILES string of the molecule is CC(C(=O)Nc1ccc(C#N)cc1[N+](=O)[O-])=C1CNC1. The normalized spacial score (nSPS) is 13.1. The molecule has 1 aliphatic heterocycles. The van der Waals surface area contributed by atoms with Gasteiger partial charge in [-0.25, -0.2) is 0 Å². The number of benzene rings is 1. The number of nitrogens with one attached hydrogen (secondary N) is 2. The van der Waals surface area contributed by atoms with Crippen LogP contribution in [0.15, 0.2) is 29.3 Å². The molecule has 0 aromatic heterocycles. The van der Waals surface area contributed by atoms with Crippen molar-refractivity contribution in [2.45, 2.75) is 6.92 Å². The summed E-state index contributed by atoms with van der Waals surface area (Å²) in [7, 11) is 0. The van der Waals surface area contributed by atoms with Gasteiger partial charge in [-0.05, 0) is 24.6 Å². The molecule has 0 atom stereocenters. The molecule has 1 aliphatic rings. The molecular formula is C13H12N4O3. The van der Waals surface area contributed by atoms with Gasteiger partial charge in [-0.2, -0.15) is 5.26 Å². The van der Waals surface area contributed by atoms with E-state index in [2.05, 4.69) is 10.6 Å². The molecule has 1 saturated heterocycles. The zero-order valence-electron chi connectivity index (χ0n) is 10.8.